The molecule has 0 N–H and O–H groups in total. The van der Waals surface area contributed by atoms with Crippen LogP contribution in [0.1, 0.15) is 24.8 Å². The van der Waals surface area contributed by atoms with Gasteiger partial charge in [0.25, 0.3) is 0 Å². The summed E-state index contributed by atoms with van der Waals surface area (Å²) in [7, 11) is 0. The molecule has 2 rings (SSSR count). The summed E-state index contributed by atoms with van der Waals surface area (Å²) in [5.41, 5.74) is 1.53. The fourth-order valence-corrected chi connectivity index (χ4v) is 1.88. The Morgan fingerprint density at radius 3 is 2.56 bits per heavy atom. The first-order valence-electron chi connectivity index (χ1n) is 5.86. The lowest BCUT2D eigenvalue weighted by molar-refractivity contribution is -0.117. The van der Waals surface area contributed by atoms with Crippen molar-refractivity contribution in [1.82, 2.24) is 4.57 Å². The number of para-hydroxylation sites is 1. The van der Waals surface area contributed by atoms with E-state index >= 15 is 0 Å². The number of aryl methyl sites for hydroxylation is 1. The van der Waals surface area contributed by atoms with Crippen LogP contribution < -0.4 is 5.76 Å². The molecular weight excluding hydrogens is 230 g/mol. The number of Topliss-reactive ketones (excluding diaryl/α,β-unsaturated/α-hetero) is 1. The second-order valence-electron chi connectivity index (χ2n) is 4.25. The van der Waals surface area contributed by atoms with Crippen LogP contribution in [0.2, 0.25) is 0 Å². The van der Waals surface area contributed by atoms with E-state index in [1.807, 2.05) is 37.3 Å². The fraction of sp³-hybridized carbons (Fsp3) is 0.286. The molecule has 0 bridgehead atoms. The summed E-state index contributed by atoms with van der Waals surface area (Å²) in [4.78, 5) is 22.8. The third kappa shape index (κ3) is 2.42. The van der Waals surface area contributed by atoms with Crippen molar-refractivity contribution in [2.45, 2.75) is 26.7 Å². The molecule has 4 heteroatoms. The topological polar surface area (TPSA) is 52.2 Å². The van der Waals surface area contributed by atoms with Gasteiger partial charge in [-0.05, 0) is 26.0 Å². The smallest absolute Gasteiger partial charge is 0.412 e. The normalized spacial score (nSPS) is 10.6. The standard InChI is InChI=1S/C14H15NO3/c1-10(16)8-9-13-11(2)15(14(17)18-13)12-6-4-3-5-7-12/h3-7H,8-9H2,1-2H3. The van der Waals surface area contributed by atoms with Crippen molar-refractivity contribution in [2.24, 2.45) is 0 Å². The van der Waals surface area contributed by atoms with Crippen molar-refractivity contribution in [1.29, 1.82) is 0 Å². The van der Waals surface area contributed by atoms with E-state index < -0.39 is 5.76 Å². The number of carbonyl (C=O) groups is 1. The highest BCUT2D eigenvalue weighted by molar-refractivity contribution is 5.75. The van der Waals surface area contributed by atoms with Crippen LogP contribution in [0, 0.1) is 6.92 Å². The van der Waals surface area contributed by atoms with Gasteiger partial charge in [-0.15, -0.1) is 0 Å². The van der Waals surface area contributed by atoms with E-state index in [1.165, 1.54) is 11.5 Å². The van der Waals surface area contributed by atoms with Crippen LogP contribution in [-0.2, 0) is 11.2 Å². The highest BCUT2D eigenvalue weighted by atomic mass is 16.4. The summed E-state index contributed by atoms with van der Waals surface area (Å²) in [6.07, 6.45) is 0.860. The van der Waals surface area contributed by atoms with Crippen LogP contribution in [0.15, 0.2) is 39.5 Å². The van der Waals surface area contributed by atoms with Crippen LogP contribution in [0.3, 0.4) is 0 Å². The fourth-order valence-electron chi connectivity index (χ4n) is 1.88. The van der Waals surface area contributed by atoms with Crippen LogP contribution in [0.5, 0.6) is 0 Å². The van der Waals surface area contributed by atoms with Crippen molar-refractivity contribution in [3.8, 4) is 5.69 Å². The Morgan fingerprint density at radius 2 is 1.94 bits per heavy atom. The molecule has 2 aromatic rings. The Bertz CT molecular complexity index is 608. The third-order valence-corrected chi connectivity index (χ3v) is 2.85. The van der Waals surface area contributed by atoms with Gasteiger partial charge in [0.1, 0.15) is 11.5 Å². The molecule has 18 heavy (non-hydrogen) atoms. The number of ketones is 1. The molecule has 0 amide bonds. The molecule has 0 aliphatic rings. The maximum atomic E-state index is 11.8. The SMILES string of the molecule is CC(=O)CCc1oc(=O)n(-c2ccccc2)c1C. The minimum absolute atomic E-state index is 0.0875. The molecule has 1 aromatic heterocycles. The number of aromatic nitrogens is 1. The molecule has 4 nitrogen and oxygen atoms in total. The molecule has 0 aliphatic heterocycles. The second-order valence-corrected chi connectivity index (χ2v) is 4.25. The van der Waals surface area contributed by atoms with Crippen LogP contribution in [-0.4, -0.2) is 10.4 Å². The van der Waals surface area contributed by atoms with Crippen molar-refractivity contribution in [3.05, 3.63) is 52.3 Å². The quantitative estimate of drug-likeness (QED) is 0.830. The summed E-state index contributed by atoms with van der Waals surface area (Å²) in [6.45, 7) is 3.36. The predicted molar refractivity (Wildman–Crippen MR) is 68.0 cm³/mol. The molecule has 0 radical (unpaired) electrons. The number of carbonyl (C=O) groups excluding carboxylic acids is 1. The van der Waals surface area contributed by atoms with Gasteiger partial charge in [-0.2, -0.15) is 0 Å². The maximum Gasteiger partial charge on any atom is 0.423 e. The molecule has 1 heterocycles. The van der Waals surface area contributed by atoms with Crippen LogP contribution in [0.4, 0.5) is 0 Å². The Kier molecular flexibility index (Phi) is 3.46. The second kappa shape index (κ2) is 5.04. The summed E-state index contributed by atoms with van der Waals surface area (Å²) in [5.74, 6) is 0.265. The number of nitrogens with zero attached hydrogens (tertiary/aromatic N) is 1. The molecule has 0 fully saturated rings. The lowest BCUT2D eigenvalue weighted by Crippen LogP contribution is -2.12. The number of oxazole rings is 1. The highest BCUT2D eigenvalue weighted by Crippen LogP contribution is 2.14. The molecule has 0 atom stereocenters. The highest BCUT2D eigenvalue weighted by Gasteiger charge is 2.14. The van der Waals surface area contributed by atoms with Gasteiger partial charge in [-0.25, -0.2) is 9.36 Å². The van der Waals surface area contributed by atoms with Crippen molar-refractivity contribution in [2.75, 3.05) is 0 Å². The molecule has 94 valence electrons. The van der Waals surface area contributed by atoms with Gasteiger partial charge >= 0.3 is 5.76 Å². The first-order valence-corrected chi connectivity index (χ1v) is 5.86. The Morgan fingerprint density at radius 1 is 1.28 bits per heavy atom. The third-order valence-electron chi connectivity index (χ3n) is 2.85. The Hall–Kier alpha value is -2.10. The minimum Gasteiger partial charge on any atom is -0.412 e. The molecule has 0 saturated heterocycles. The van der Waals surface area contributed by atoms with Gasteiger partial charge in [0.15, 0.2) is 0 Å². The van der Waals surface area contributed by atoms with Crippen LogP contribution >= 0.6 is 0 Å². The van der Waals surface area contributed by atoms with Gasteiger partial charge in [-0.3, -0.25) is 0 Å². The predicted octanol–water partition coefficient (Wildman–Crippen LogP) is 2.26. The van der Waals surface area contributed by atoms with E-state index in [2.05, 4.69) is 0 Å². The zero-order chi connectivity index (χ0) is 13.1. The maximum absolute atomic E-state index is 11.8. The number of rotatable bonds is 4. The van der Waals surface area contributed by atoms with E-state index in [0.29, 0.717) is 18.6 Å². The number of hydrogen-bond acceptors (Lipinski definition) is 3. The van der Waals surface area contributed by atoms with Gasteiger partial charge in [0.2, 0.25) is 0 Å². The molecule has 0 aliphatic carbocycles. The monoisotopic (exact) mass is 245 g/mol. The lowest BCUT2D eigenvalue weighted by atomic mass is 10.2. The van der Waals surface area contributed by atoms with E-state index in [-0.39, 0.29) is 5.78 Å². The zero-order valence-corrected chi connectivity index (χ0v) is 10.5. The number of benzene rings is 1. The van der Waals surface area contributed by atoms with Crippen molar-refractivity contribution < 1.29 is 9.21 Å². The summed E-state index contributed by atoms with van der Waals surface area (Å²) < 4.78 is 6.73. The molecule has 0 unspecified atom stereocenters. The van der Waals surface area contributed by atoms with E-state index in [1.54, 1.807) is 0 Å². The van der Waals surface area contributed by atoms with Gasteiger partial charge in [0.05, 0.1) is 11.4 Å². The molecular formula is C14H15NO3. The zero-order valence-electron chi connectivity index (χ0n) is 10.5. The first kappa shape index (κ1) is 12.4. The first-order chi connectivity index (χ1) is 8.59. The van der Waals surface area contributed by atoms with E-state index in [9.17, 15) is 9.59 Å². The van der Waals surface area contributed by atoms with Crippen molar-refractivity contribution in [3.63, 3.8) is 0 Å². The average molecular weight is 245 g/mol. The average Bonchev–Trinajstić information content (AvgIpc) is 2.63. The summed E-state index contributed by atoms with van der Waals surface area (Å²) in [5, 5.41) is 0. The van der Waals surface area contributed by atoms with Crippen LogP contribution in [0.25, 0.3) is 5.69 Å². The number of hydrogen-bond donors (Lipinski definition) is 0. The van der Waals surface area contributed by atoms with E-state index in [4.69, 9.17) is 4.42 Å². The lowest BCUT2D eigenvalue weighted by Gasteiger charge is -2.02. The minimum atomic E-state index is -0.405. The Labute approximate surface area is 105 Å². The van der Waals surface area contributed by atoms with E-state index in [0.717, 1.165) is 11.4 Å². The molecule has 1 aromatic carbocycles. The molecule has 0 saturated carbocycles. The van der Waals surface area contributed by atoms with Gasteiger partial charge < -0.3 is 9.21 Å². The van der Waals surface area contributed by atoms with Gasteiger partial charge in [-0.1, -0.05) is 18.2 Å². The van der Waals surface area contributed by atoms with Crippen molar-refractivity contribution >= 4 is 5.78 Å². The largest absolute Gasteiger partial charge is 0.423 e. The Balaban J connectivity index is 2.39. The molecule has 0 spiro atoms. The van der Waals surface area contributed by atoms with Gasteiger partial charge in [0, 0.05) is 12.8 Å². The summed E-state index contributed by atoms with van der Waals surface area (Å²) in [6, 6.07) is 9.31. The summed E-state index contributed by atoms with van der Waals surface area (Å²) >= 11 is 0.